The van der Waals surface area contributed by atoms with Crippen LogP contribution in [0.2, 0.25) is 20.1 Å². The van der Waals surface area contributed by atoms with Crippen molar-refractivity contribution >= 4 is 68.0 Å². The summed E-state index contributed by atoms with van der Waals surface area (Å²) in [4.78, 5) is 12.7. The van der Waals surface area contributed by atoms with Crippen molar-refractivity contribution in [3.63, 3.8) is 0 Å². The summed E-state index contributed by atoms with van der Waals surface area (Å²) < 4.78 is 27.5. The van der Waals surface area contributed by atoms with Gasteiger partial charge in [0.05, 0.1) is 15.6 Å². The Morgan fingerprint density at radius 2 is 1.48 bits per heavy atom. The van der Waals surface area contributed by atoms with Crippen molar-refractivity contribution in [2.45, 2.75) is 11.4 Å². The van der Waals surface area contributed by atoms with Gasteiger partial charge >= 0.3 is 0 Å². The number of benzene rings is 3. The standard InChI is InChI=1S/C21H16Cl4N2O3S/c22-15-7-6-14(19(25)10-15)12-26-21(28)13-27(20-11-16(23)8-9-18(20)24)31(29,30)17-4-2-1-3-5-17/h1-11H,12-13H2,(H,26,28). The smallest absolute Gasteiger partial charge is 0.264 e. The van der Waals surface area contributed by atoms with Gasteiger partial charge in [-0.3, -0.25) is 9.10 Å². The SMILES string of the molecule is O=C(CN(c1cc(Cl)ccc1Cl)S(=O)(=O)c1ccccc1)NCc1ccc(Cl)cc1Cl. The average molecular weight is 518 g/mol. The van der Waals surface area contributed by atoms with Gasteiger partial charge < -0.3 is 5.32 Å². The Balaban J connectivity index is 1.89. The normalized spacial score (nSPS) is 11.2. The number of carbonyl (C=O) groups is 1. The number of carbonyl (C=O) groups excluding carboxylic acids is 1. The van der Waals surface area contributed by atoms with Crippen molar-refractivity contribution in [1.29, 1.82) is 0 Å². The monoisotopic (exact) mass is 516 g/mol. The largest absolute Gasteiger partial charge is 0.350 e. The maximum atomic E-state index is 13.3. The van der Waals surface area contributed by atoms with Crippen LogP contribution in [0.1, 0.15) is 5.56 Å². The highest BCUT2D eigenvalue weighted by molar-refractivity contribution is 7.92. The first-order chi connectivity index (χ1) is 14.7. The number of nitrogens with one attached hydrogen (secondary N) is 1. The first-order valence-electron chi connectivity index (χ1n) is 8.92. The van der Waals surface area contributed by atoms with Gasteiger partial charge in [0.1, 0.15) is 6.54 Å². The highest BCUT2D eigenvalue weighted by atomic mass is 35.5. The van der Waals surface area contributed by atoms with Gasteiger partial charge in [-0.2, -0.15) is 0 Å². The van der Waals surface area contributed by atoms with Gasteiger partial charge in [0.2, 0.25) is 5.91 Å². The predicted molar refractivity (Wildman–Crippen MR) is 126 cm³/mol. The molecule has 0 spiro atoms. The number of hydrogen-bond acceptors (Lipinski definition) is 3. The molecule has 0 aromatic heterocycles. The molecule has 0 aliphatic heterocycles. The molecule has 31 heavy (non-hydrogen) atoms. The molecule has 0 unspecified atom stereocenters. The van der Waals surface area contributed by atoms with E-state index in [9.17, 15) is 13.2 Å². The maximum absolute atomic E-state index is 13.3. The molecule has 0 saturated heterocycles. The second kappa shape index (κ2) is 10.1. The average Bonchev–Trinajstić information content (AvgIpc) is 2.74. The highest BCUT2D eigenvalue weighted by Crippen LogP contribution is 2.33. The van der Waals surface area contributed by atoms with Crippen LogP contribution in [0.5, 0.6) is 0 Å². The number of nitrogens with zero attached hydrogens (tertiary/aromatic N) is 1. The van der Waals surface area contributed by atoms with E-state index in [-0.39, 0.29) is 27.2 Å². The lowest BCUT2D eigenvalue weighted by molar-refractivity contribution is -0.119. The van der Waals surface area contributed by atoms with E-state index in [0.29, 0.717) is 15.6 Å². The van der Waals surface area contributed by atoms with Gasteiger partial charge in [-0.1, -0.05) is 70.7 Å². The highest BCUT2D eigenvalue weighted by Gasteiger charge is 2.29. The molecule has 5 nitrogen and oxygen atoms in total. The third-order valence-corrected chi connectivity index (χ3v) is 7.20. The summed E-state index contributed by atoms with van der Waals surface area (Å²) in [5.74, 6) is -0.554. The zero-order valence-corrected chi connectivity index (χ0v) is 19.7. The Kier molecular flexibility index (Phi) is 7.73. The second-order valence-electron chi connectivity index (χ2n) is 6.43. The maximum Gasteiger partial charge on any atom is 0.264 e. The molecule has 1 amide bonds. The van der Waals surface area contributed by atoms with Gasteiger partial charge in [0.25, 0.3) is 10.0 Å². The van der Waals surface area contributed by atoms with Gasteiger partial charge in [-0.15, -0.1) is 0 Å². The molecule has 0 heterocycles. The van der Waals surface area contributed by atoms with E-state index in [1.165, 1.54) is 30.3 Å². The van der Waals surface area contributed by atoms with Crippen molar-refractivity contribution in [2.75, 3.05) is 10.8 Å². The molecule has 3 aromatic rings. The van der Waals surface area contributed by atoms with E-state index in [1.54, 1.807) is 36.4 Å². The molecule has 0 radical (unpaired) electrons. The zero-order chi connectivity index (χ0) is 22.6. The summed E-state index contributed by atoms with van der Waals surface area (Å²) in [6.45, 7) is -0.417. The van der Waals surface area contributed by atoms with E-state index in [2.05, 4.69) is 5.32 Å². The van der Waals surface area contributed by atoms with Gasteiger partial charge in [0.15, 0.2) is 0 Å². The summed E-state index contributed by atoms with van der Waals surface area (Å²) in [5.41, 5.74) is 0.732. The lowest BCUT2D eigenvalue weighted by Crippen LogP contribution is -2.40. The van der Waals surface area contributed by atoms with Gasteiger partial charge in [0, 0.05) is 21.6 Å². The van der Waals surface area contributed by atoms with Crippen LogP contribution in [-0.2, 0) is 21.4 Å². The Labute approximate surface area is 200 Å². The van der Waals surface area contributed by atoms with Crippen LogP contribution in [0.25, 0.3) is 0 Å². The number of anilines is 1. The van der Waals surface area contributed by atoms with Crippen molar-refractivity contribution in [1.82, 2.24) is 5.32 Å². The Bertz CT molecular complexity index is 1200. The molecule has 0 atom stereocenters. The summed E-state index contributed by atoms with van der Waals surface area (Å²) in [6.07, 6.45) is 0. The number of rotatable bonds is 7. The van der Waals surface area contributed by atoms with Crippen molar-refractivity contribution in [3.8, 4) is 0 Å². The molecule has 0 aliphatic rings. The molecule has 0 aliphatic carbocycles. The Morgan fingerprint density at radius 1 is 0.839 bits per heavy atom. The van der Waals surface area contributed by atoms with Crippen LogP contribution in [0, 0.1) is 0 Å². The lowest BCUT2D eigenvalue weighted by atomic mass is 10.2. The third-order valence-electron chi connectivity index (χ3n) is 4.29. The number of hydrogen-bond donors (Lipinski definition) is 1. The molecular weight excluding hydrogens is 502 g/mol. The number of amides is 1. The molecule has 0 saturated carbocycles. The third kappa shape index (κ3) is 5.84. The molecule has 3 rings (SSSR count). The van der Waals surface area contributed by atoms with E-state index >= 15 is 0 Å². The van der Waals surface area contributed by atoms with E-state index in [0.717, 1.165) is 4.31 Å². The van der Waals surface area contributed by atoms with Crippen LogP contribution in [0.15, 0.2) is 71.6 Å². The predicted octanol–water partition coefficient (Wildman–Crippen LogP) is 5.81. The first kappa shape index (κ1) is 23.7. The van der Waals surface area contributed by atoms with Crippen LogP contribution in [-0.4, -0.2) is 20.9 Å². The van der Waals surface area contributed by atoms with Crippen LogP contribution in [0.3, 0.4) is 0 Å². The molecule has 162 valence electrons. The summed E-state index contributed by atoms with van der Waals surface area (Å²) >= 11 is 24.3. The van der Waals surface area contributed by atoms with Crippen molar-refractivity contribution in [2.24, 2.45) is 0 Å². The van der Waals surface area contributed by atoms with Crippen LogP contribution < -0.4 is 9.62 Å². The minimum Gasteiger partial charge on any atom is -0.350 e. The molecule has 0 bridgehead atoms. The minimum absolute atomic E-state index is 0.0135. The van der Waals surface area contributed by atoms with Gasteiger partial charge in [-0.25, -0.2) is 8.42 Å². The number of halogens is 4. The minimum atomic E-state index is -4.10. The zero-order valence-electron chi connectivity index (χ0n) is 15.9. The van der Waals surface area contributed by atoms with E-state index in [1.807, 2.05) is 0 Å². The fraction of sp³-hybridized carbons (Fsp3) is 0.0952. The van der Waals surface area contributed by atoms with Crippen molar-refractivity contribution < 1.29 is 13.2 Å². The Morgan fingerprint density at radius 3 is 2.16 bits per heavy atom. The fourth-order valence-corrected chi connectivity index (χ4v) is 5.11. The fourth-order valence-electron chi connectivity index (χ4n) is 2.74. The molecule has 3 aromatic carbocycles. The van der Waals surface area contributed by atoms with Crippen LogP contribution >= 0.6 is 46.4 Å². The van der Waals surface area contributed by atoms with Crippen LogP contribution in [0.4, 0.5) is 5.69 Å². The summed E-state index contributed by atoms with van der Waals surface area (Å²) in [7, 11) is -4.10. The van der Waals surface area contributed by atoms with E-state index in [4.69, 9.17) is 46.4 Å². The van der Waals surface area contributed by atoms with Crippen molar-refractivity contribution in [3.05, 3.63) is 92.4 Å². The Hall–Kier alpha value is -1.96. The summed E-state index contributed by atoms with van der Waals surface area (Å²) in [6, 6.07) is 17.0. The molecule has 10 heteroatoms. The second-order valence-corrected chi connectivity index (χ2v) is 9.98. The molecule has 1 N–H and O–H groups in total. The van der Waals surface area contributed by atoms with E-state index < -0.39 is 22.5 Å². The first-order valence-corrected chi connectivity index (χ1v) is 11.9. The van der Waals surface area contributed by atoms with Gasteiger partial charge in [-0.05, 0) is 48.0 Å². The topological polar surface area (TPSA) is 66.5 Å². The summed E-state index contributed by atoms with van der Waals surface area (Å²) in [5, 5.41) is 3.94. The number of sulfonamides is 1. The lowest BCUT2D eigenvalue weighted by Gasteiger charge is -2.25. The quantitative estimate of drug-likeness (QED) is 0.430. The molecular formula is C21H16Cl4N2O3S. The molecule has 0 fully saturated rings.